The molecule has 3 fully saturated rings. The minimum Gasteiger partial charge on any atom is -0.462 e. The van der Waals surface area contributed by atoms with E-state index in [1.807, 2.05) is 0 Å². The van der Waals surface area contributed by atoms with Crippen molar-refractivity contribution >= 4 is 13.1 Å². The Morgan fingerprint density at radius 1 is 0.938 bits per heavy atom. The van der Waals surface area contributed by atoms with E-state index in [1.54, 1.807) is 5.57 Å². The number of hydrogen-bond acceptors (Lipinski definition) is 4. The summed E-state index contributed by atoms with van der Waals surface area (Å²) in [5, 5.41) is 0. The van der Waals surface area contributed by atoms with Crippen LogP contribution in [0.5, 0.6) is 0 Å². The number of ether oxygens (including phenoxy) is 1. The van der Waals surface area contributed by atoms with Crippen molar-refractivity contribution in [1.82, 2.24) is 0 Å². The molecule has 0 aromatic carbocycles. The lowest BCUT2D eigenvalue weighted by Gasteiger charge is -2.58. The van der Waals surface area contributed by atoms with Gasteiger partial charge in [0.2, 0.25) is 0 Å². The molecule has 2 saturated carbocycles. The third kappa shape index (κ3) is 3.21. The van der Waals surface area contributed by atoms with Crippen LogP contribution in [0.4, 0.5) is 0 Å². The molecule has 4 aliphatic carbocycles. The van der Waals surface area contributed by atoms with Crippen LogP contribution in [0.1, 0.15) is 93.4 Å². The van der Waals surface area contributed by atoms with Gasteiger partial charge in [-0.25, -0.2) is 0 Å². The van der Waals surface area contributed by atoms with E-state index < -0.39 is 0 Å². The van der Waals surface area contributed by atoms with Gasteiger partial charge in [-0.2, -0.15) is 0 Å². The summed E-state index contributed by atoms with van der Waals surface area (Å²) < 4.78 is 18.6. The van der Waals surface area contributed by atoms with Gasteiger partial charge >= 0.3 is 13.1 Å². The van der Waals surface area contributed by atoms with Crippen LogP contribution < -0.4 is 0 Å². The lowest BCUT2D eigenvalue weighted by Crippen LogP contribution is -2.51. The standard InChI is InChI=1S/C27H41BO4/c1-17(29)30-19-12-14-26(6)18(16-19)8-9-20-21-10-11-23(27(21,7)15-13-22(20)26)28-31-24(2,3)25(4,5)32-28/h8,11,19-22H,9-10,12-16H2,1-7H3/t19?,20-,21-,22-,26-,27-/m0/s1. The lowest BCUT2D eigenvalue weighted by molar-refractivity contribution is -0.148. The second-order valence-corrected chi connectivity index (χ2v) is 12.7. The Bertz CT molecular complexity index is 857. The average molecular weight is 440 g/mol. The first-order valence-electron chi connectivity index (χ1n) is 12.8. The molecule has 5 rings (SSSR count). The van der Waals surface area contributed by atoms with Crippen LogP contribution in [-0.4, -0.2) is 30.4 Å². The fraction of sp³-hybridized carbons (Fsp3) is 0.815. The highest BCUT2D eigenvalue weighted by Crippen LogP contribution is 2.65. The molecule has 0 bridgehead atoms. The first-order valence-corrected chi connectivity index (χ1v) is 12.8. The van der Waals surface area contributed by atoms with Gasteiger partial charge < -0.3 is 14.0 Å². The fourth-order valence-electron chi connectivity index (χ4n) is 7.90. The largest absolute Gasteiger partial charge is 0.490 e. The smallest absolute Gasteiger partial charge is 0.462 e. The topological polar surface area (TPSA) is 44.8 Å². The van der Waals surface area contributed by atoms with E-state index in [1.165, 1.54) is 25.2 Å². The summed E-state index contributed by atoms with van der Waals surface area (Å²) in [4.78, 5) is 11.5. The van der Waals surface area contributed by atoms with Crippen LogP contribution in [-0.2, 0) is 18.8 Å². The number of hydrogen-bond donors (Lipinski definition) is 0. The Kier molecular flexibility index (Phi) is 5.12. The van der Waals surface area contributed by atoms with Crippen LogP contribution >= 0.6 is 0 Å². The molecule has 1 saturated heterocycles. The van der Waals surface area contributed by atoms with Crippen molar-refractivity contribution in [3.05, 3.63) is 23.2 Å². The highest BCUT2D eigenvalue weighted by molar-refractivity contribution is 6.55. The number of carbonyl (C=O) groups is 1. The van der Waals surface area contributed by atoms with Gasteiger partial charge in [-0.05, 0) is 100 Å². The number of fused-ring (bicyclic) bond motifs is 5. The maximum absolute atomic E-state index is 11.5. The van der Waals surface area contributed by atoms with Crippen molar-refractivity contribution in [1.29, 1.82) is 0 Å². The summed E-state index contributed by atoms with van der Waals surface area (Å²) in [6.07, 6.45) is 12.9. The third-order valence-electron chi connectivity index (χ3n) is 10.5. The molecule has 5 heteroatoms. The molecule has 6 atom stereocenters. The first kappa shape index (κ1) is 22.7. The molecule has 1 unspecified atom stereocenters. The highest BCUT2D eigenvalue weighted by Gasteiger charge is 2.61. The van der Waals surface area contributed by atoms with E-state index in [0.29, 0.717) is 11.8 Å². The minimum absolute atomic E-state index is 0.0698. The van der Waals surface area contributed by atoms with Gasteiger partial charge in [0, 0.05) is 13.3 Å². The quantitative estimate of drug-likeness (QED) is 0.298. The number of allylic oxidation sites excluding steroid dienone is 3. The van der Waals surface area contributed by atoms with Crippen molar-refractivity contribution in [3.63, 3.8) is 0 Å². The maximum Gasteiger partial charge on any atom is 0.490 e. The Morgan fingerprint density at radius 3 is 2.25 bits per heavy atom. The van der Waals surface area contributed by atoms with Crippen molar-refractivity contribution in [2.24, 2.45) is 28.6 Å². The Hall–Kier alpha value is -1.07. The molecule has 1 heterocycles. The first-order chi connectivity index (χ1) is 14.9. The number of carbonyl (C=O) groups excluding carboxylic acids is 1. The van der Waals surface area contributed by atoms with Crippen LogP contribution in [0, 0.1) is 28.6 Å². The summed E-state index contributed by atoms with van der Waals surface area (Å²) in [5.41, 5.74) is 2.80. The second kappa shape index (κ2) is 7.22. The van der Waals surface area contributed by atoms with Crippen LogP contribution in [0.25, 0.3) is 0 Å². The molecular weight excluding hydrogens is 399 g/mol. The van der Waals surface area contributed by atoms with Crippen molar-refractivity contribution in [2.75, 3.05) is 0 Å². The third-order valence-corrected chi connectivity index (χ3v) is 10.5. The van der Waals surface area contributed by atoms with Gasteiger partial charge in [0.05, 0.1) is 11.2 Å². The summed E-state index contributed by atoms with van der Waals surface area (Å²) in [5.74, 6) is 1.96. The van der Waals surface area contributed by atoms with Gasteiger partial charge in [0.25, 0.3) is 0 Å². The summed E-state index contributed by atoms with van der Waals surface area (Å²) in [6.45, 7) is 15.1. The summed E-state index contributed by atoms with van der Waals surface area (Å²) in [6, 6.07) is 0. The Balaban J connectivity index is 1.37. The Labute approximate surface area is 194 Å². The fourth-order valence-corrected chi connectivity index (χ4v) is 7.90. The molecule has 0 radical (unpaired) electrons. The van der Waals surface area contributed by atoms with Gasteiger partial charge in [-0.1, -0.05) is 31.6 Å². The summed E-state index contributed by atoms with van der Waals surface area (Å²) >= 11 is 0. The van der Waals surface area contributed by atoms with Gasteiger partial charge in [0.1, 0.15) is 6.10 Å². The molecule has 0 N–H and O–H groups in total. The average Bonchev–Trinajstić information content (AvgIpc) is 3.14. The van der Waals surface area contributed by atoms with E-state index in [-0.39, 0.29) is 41.2 Å². The Morgan fingerprint density at radius 2 is 1.59 bits per heavy atom. The highest BCUT2D eigenvalue weighted by atomic mass is 16.7. The van der Waals surface area contributed by atoms with E-state index in [2.05, 4.69) is 53.7 Å². The predicted molar refractivity (Wildman–Crippen MR) is 127 cm³/mol. The normalized spacial score (nSPS) is 44.2. The predicted octanol–water partition coefficient (Wildman–Crippen LogP) is 6.05. The molecule has 0 aromatic rings. The van der Waals surface area contributed by atoms with Crippen molar-refractivity contribution < 1.29 is 18.8 Å². The molecule has 176 valence electrons. The maximum atomic E-state index is 11.5. The molecule has 1 aliphatic heterocycles. The number of rotatable bonds is 2. The van der Waals surface area contributed by atoms with E-state index >= 15 is 0 Å². The lowest BCUT2D eigenvalue weighted by atomic mass is 9.45. The molecule has 4 nitrogen and oxygen atoms in total. The molecule has 32 heavy (non-hydrogen) atoms. The molecule has 0 amide bonds. The van der Waals surface area contributed by atoms with Gasteiger partial charge in [-0.15, -0.1) is 0 Å². The molecule has 0 aromatic heterocycles. The minimum atomic E-state index is -0.291. The van der Waals surface area contributed by atoms with E-state index in [4.69, 9.17) is 14.0 Å². The molecular formula is C27H41BO4. The van der Waals surface area contributed by atoms with Crippen LogP contribution in [0.3, 0.4) is 0 Å². The SMILES string of the molecule is CC(=O)OC1CC[C@@]2(C)C(=CC[C@@H]3[C@@H]2CC[C@]2(C)C(B4OC(C)(C)C(C)(C)O4)=CC[C@@H]32)C1. The van der Waals surface area contributed by atoms with Gasteiger partial charge in [0.15, 0.2) is 0 Å². The van der Waals surface area contributed by atoms with Crippen LogP contribution in [0.15, 0.2) is 23.2 Å². The second-order valence-electron chi connectivity index (χ2n) is 12.7. The summed E-state index contributed by atoms with van der Waals surface area (Å²) in [7, 11) is -0.212. The van der Waals surface area contributed by atoms with E-state index in [9.17, 15) is 4.79 Å². The number of esters is 1. The monoisotopic (exact) mass is 440 g/mol. The molecule has 0 spiro atoms. The zero-order chi connectivity index (χ0) is 23.1. The van der Waals surface area contributed by atoms with Gasteiger partial charge in [-0.3, -0.25) is 4.79 Å². The zero-order valence-electron chi connectivity index (χ0n) is 21.1. The van der Waals surface area contributed by atoms with E-state index in [0.717, 1.165) is 38.0 Å². The van der Waals surface area contributed by atoms with Crippen molar-refractivity contribution in [2.45, 2.75) is 111 Å². The van der Waals surface area contributed by atoms with Crippen LogP contribution in [0.2, 0.25) is 0 Å². The van der Waals surface area contributed by atoms with Crippen molar-refractivity contribution in [3.8, 4) is 0 Å². The zero-order valence-corrected chi connectivity index (χ0v) is 21.1. The molecule has 5 aliphatic rings.